The van der Waals surface area contributed by atoms with Gasteiger partial charge in [0.15, 0.2) is 5.78 Å². The normalized spacial score (nSPS) is 41.9. The van der Waals surface area contributed by atoms with Crippen molar-refractivity contribution in [3.8, 4) is 0 Å². The fourth-order valence-corrected chi connectivity index (χ4v) is 8.42. The highest BCUT2D eigenvalue weighted by Gasteiger charge is 2.59. The third-order valence-electron chi connectivity index (χ3n) is 9.06. The van der Waals surface area contributed by atoms with Gasteiger partial charge in [-0.15, -0.1) is 0 Å². The quantitative estimate of drug-likeness (QED) is 0.422. The average Bonchev–Trinajstić information content (AvgIpc) is 3.02. The summed E-state index contributed by atoms with van der Waals surface area (Å²) < 4.78 is 71.2. The minimum atomic E-state index is -4.65. The molecule has 11 heteroatoms. The molecule has 0 aromatic rings. The predicted octanol–water partition coefficient (Wildman–Crippen LogP) is 3.14. The lowest BCUT2D eigenvalue weighted by Crippen LogP contribution is -2.51. The maximum atomic E-state index is 12.8. The first-order chi connectivity index (χ1) is 14.7. The minimum Gasteiger partial charge on any atom is -0.297 e. The molecule has 4 aliphatic carbocycles. The summed E-state index contributed by atoms with van der Waals surface area (Å²) in [4.78, 5) is 12.8. The van der Waals surface area contributed by atoms with Crippen LogP contribution in [0.1, 0.15) is 65.2 Å². The molecule has 0 radical (unpaired) electrons. The van der Waals surface area contributed by atoms with E-state index in [2.05, 4.69) is 24.1 Å². The molecule has 4 aliphatic rings. The molecule has 0 aromatic carbocycles. The summed E-state index contributed by atoms with van der Waals surface area (Å²) in [6.45, 7) is 3.76. The van der Waals surface area contributed by atoms with Crippen molar-refractivity contribution < 1.29 is 39.1 Å². The Hall–Kier alpha value is -0.850. The number of carbonyl (C=O) groups excluding carboxylic acids is 1. The molecule has 182 valence electrons. The first-order valence-corrected chi connectivity index (χ1v) is 14.0. The minimum absolute atomic E-state index is 0.0561. The molecule has 1 unspecified atom stereocenters. The van der Waals surface area contributed by atoms with Crippen LogP contribution in [0.5, 0.6) is 0 Å². The molecule has 7 atom stereocenters. The van der Waals surface area contributed by atoms with Gasteiger partial charge in [0, 0.05) is 5.92 Å². The number of ketones is 1. The molecule has 0 bridgehead atoms. The first-order valence-electron chi connectivity index (χ1n) is 11.2. The molecule has 3 fully saturated rings. The number of hydrogen-bond acceptors (Lipinski definition) is 7. The highest BCUT2D eigenvalue weighted by Crippen LogP contribution is 2.66. The first kappa shape index (κ1) is 24.3. The van der Waals surface area contributed by atoms with Gasteiger partial charge < -0.3 is 0 Å². The maximum absolute atomic E-state index is 12.8. The fourth-order valence-electron chi connectivity index (χ4n) is 7.64. The van der Waals surface area contributed by atoms with Crippen molar-refractivity contribution in [1.29, 1.82) is 0 Å². The van der Waals surface area contributed by atoms with Gasteiger partial charge in [0.25, 0.3) is 0 Å². The molecule has 2 N–H and O–H groups in total. The molecule has 0 aromatic heterocycles. The van der Waals surface area contributed by atoms with Crippen molar-refractivity contribution in [2.24, 2.45) is 34.5 Å². The Kier molecular flexibility index (Phi) is 6.17. The molecule has 3 saturated carbocycles. The summed E-state index contributed by atoms with van der Waals surface area (Å²) in [6, 6.07) is 0. The van der Waals surface area contributed by atoms with E-state index in [9.17, 15) is 21.6 Å². The van der Waals surface area contributed by atoms with Gasteiger partial charge in [0.1, 0.15) is 6.61 Å². The van der Waals surface area contributed by atoms with Gasteiger partial charge in [0.2, 0.25) is 0 Å². The summed E-state index contributed by atoms with van der Waals surface area (Å²) in [6.07, 6.45) is 7.76. The molecule has 4 rings (SSSR count). The van der Waals surface area contributed by atoms with Gasteiger partial charge >= 0.3 is 20.8 Å². The molecule has 32 heavy (non-hydrogen) atoms. The molecule has 9 nitrogen and oxygen atoms in total. The Labute approximate surface area is 189 Å². The van der Waals surface area contributed by atoms with Gasteiger partial charge in [-0.2, -0.15) is 16.8 Å². The zero-order chi connectivity index (χ0) is 23.5. The Morgan fingerprint density at radius 3 is 2.41 bits per heavy atom. The van der Waals surface area contributed by atoms with Crippen LogP contribution in [0.3, 0.4) is 0 Å². The fraction of sp³-hybridized carbons (Fsp3) is 0.857. The Balaban J connectivity index is 1.51. The summed E-state index contributed by atoms with van der Waals surface area (Å²) >= 11 is 0. The van der Waals surface area contributed by atoms with Crippen LogP contribution >= 0.6 is 0 Å². The van der Waals surface area contributed by atoms with E-state index in [0.717, 1.165) is 32.1 Å². The summed E-state index contributed by atoms with van der Waals surface area (Å²) in [5.41, 5.74) is 0.919. The van der Waals surface area contributed by atoms with Crippen LogP contribution in [-0.4, -0.2) is 44.4 Å². The summed E-state index contributed by atoms with van der Waals surface area (Å²) in [5.74, 6) is 0.610. The van der Waals surface area contributed by atoms with Gasteiger partial charge in [-0.3, -0.25) is 13.9 Å². The lowest BCUT2D eigenvalue weighted by atomic mass is 9.47. The largest absolute Gasteiger partial charge is 0.397 e. The van der Waals surface area contributed by atoms with E-state index < -0.39 is 33.5 Å². The van der Waals surface area contributed by atoms with Gasteiger partial charge in [-0.25, -0.2) is 8.37 Å². The maximum Gasteiger partial charge on any atom is 0.397 e. The second kappa shape index (κ2) is 8.13. The second-order valence-corrected chi connectivity index (χ2v) is 12.6. The number of rotatable bonds is 6. The van der Waals surface area contributed by atoms with Crippen molar-refractivity contribution in [2.75, 3.05) is 6.61 Å². The van der Waals surface area contributed by atoms with E-state index in [4.69, 9.17) is 13.3 Å². The van der Waals surface area contributed by atoms with E-state index in [1.807, 2.05) is 0 Å². The summed E-state index contributed by atoms with van der Waals surface area (Å²) in [5, 5.41) is 0. The van der Waals surface area contributed by atoms with Crippen LogP contribution in [0, 0.1) is 34.5 Å². The van der Waals surface area contributed by atoms with Crippen molar-refractivity contribution in [2.45, 2.75) is 71.3 Å². The van der Waals surface area contributed by atoms with Crippen LogP contribution < -0.4 is 0 Å². The van der Waals surface area contributed by atoms with E-state index in [0.29, 0.717) is 37.0 Å². The standard InChI is InChI=1S/C21H32O9S2/c1-20-9-7-14(30-32(26,27)28)11-13(20)3-4-15-16-5-6-18(19(22)12-29-31(23,24)25)21(16,2)10-8-17(15)20/h3,14-18H,4-12H2,1-2H3,(H,23,24,25)(H,26,27,28)/t14-,15?,16-,17-,18+,20-,21-/m0/s1. The topological polar surface area (TPSA) is 144 Å². The Morgan fingerprint density at radius 1 is 1.03 bits per heavy atom. The lowest BCUT2D eigenvalue weighted by Gasteiger charge is -2.58. The molecule has 0 saturated heterocycles. The molecular weight excluding hydrogens is 460 g/mol. The number of fused-ring (bicyclic) bond motifs is 5. The van der Waals surface area contributed by atoms with Crippen molar-refractivity contribution in [1.82, 2.24) is 0 Å². The van der Waals surface area contributed by atoms with Gasteiger partial charge in [0.05, 0.1) is 6.10 Å². The van der Waals surface area contributed by atoms with E-state index >= 15 is 0 Å². The monoisotopic (exact) mass is 492 g/mol. The highest BCUT2D eigenvalue weighted by molar-refractivity contribution is 7.81. The van der Waals surface area contributed by atoms with E-state index in [-0.39, 0.29) is 22.5 Å². The van der Waals surface area contributed by atoms with Crippen LogP contribution in [0.2, 0.25) is 0 Å². The van der Waals surface area contributed by atoms with Gasteiger partial charge in [-0.05, 0) is 80.0 Å². The Morgan fingerprint density at radius 2 is 1.75 bits per heavy atom. The van der Waals surface area contributed by atoms with Crippen LogP contribution in [0.25, 0.3) is 0 Å². The second-order valence-electron chi connectivity index (χ2n) is 10.5. The van der Waals surface area contributed by atoms with E-state index in [1.165, 1.54) is 5.57 Å². The smallest absolute Gasteiger partial charge is 0.297 e. The highest BCUT2D eigenvalue weighted by atomic mass is 32.3. The molecule has 0 heterocycles. The predicted molar refractivity (Wildman–Crippen MR) is 114 cm³/mol. The molecule has 0 aliphatic heterocycles. The number of Topliss-reactive ketones (excluding diaryl/α,β-unsaturated/α-hetero) is 1. The third kappa shape index (κ3) is 4.44. The lowest BCUT2D eigenvalue weighted by molar-refractivity contribution is -0.131. The van der Waals surface area contributed by atoms with E-state index in [1.54, 1.807) is 0 Å². The Bertz CT molecular complexity index is 1020. The van der Waals surface area contributed by atoms with Crippen molar-refractivity contribution in [3.05, 3.63) is 11.6 Å². The number of hydrogen-bond donors (Lipinski definition) is 2. The number of allylic oxidation sites excluding steroid dienone is 1. The van der Waals surface area contributed by atoms with Crippen molar-refractivity contribution in [3.63, 3.8) is 0 Å². The zero-order valence-electron chi connectivity index (χ0n) is 18.4. The van der Waals surface area contributed by atoms with Crippen molar-refractivity contribution >= 4 is 26.6 Å². The van der Waals surface area contributed by atoms with Crippen LogP contribution in [-0.2, 0) is 34.0 Å². The molecule has 0 amide bonds. The van der Waals surface area contributed by atoms with Crippen LogP contribution in [0.4, 0.5) is 0 Å². The average molecular weight is 493 g/mol. The molecular formula is C21H32O9S2. The third-order valence-corrected chi connectivity index (χ3v) is 9.99. The molecule has 0 spiro atoms. The number of carbonyl (C=O) groups is 1. The SMILES string of the molecule is C[C@]12CC[C@H]3C(CC=C4C[C@@H](OS(=O)(=O)O)CC[C@@]43C)[C@@H]1CC[C@@H]2C(=O)COS(=O)(=O)O. The van der Waals surface area contributed by atoms with Gasteiger partial charge in [-0.1, -0.05) is 25.5 Å². The zero-order valence-corrected chi connectivity index (χ0v) is 20.0. The van der Waals surface area contributed by atoms with Crippen LogP contribution in [0.15, 0.2) is 11.6 Å². The summed E-state index contributed by atoms with van der Waals surface area (Å²) in [7, 11) is -9.12.